The highest BCUT2D eigenvalue weighted by Crippen LogP contribution is 2.36. The summed E-state index contributed by atoms with van der Waals surface area (Å²) in [6.07, 6.45) is 8.06. The SMILES string of the molecule is CCCC=CC[C@H]1[B]C[C@@H](O)[C@@H]1COc1cc(Cl)cc(Cl)c1. The summed E-state index contributed by atoms with van der Waals surface area (Å²) >= 11 is 11.9. The molecule has 1 heterocycles. The van der Waals surface area contributed by atoms with Crippen molar-refractivity contribution < 1.29 is 9.84 Å². The lowest BCUT2D eigenvalue weighted by atomic mass is 9.64. The maximum Gasteiger partial charge on any atom is 0.122 e. The summed E-state index contributed by atoms with van der Waals surface area (Å²) in [6, 6.07) is 5.17. The Hall–Kier alpha value is -0.635. The highest BCUT2D eigenvalue weighted by molar-refractivity contribution is 6.39. The maximum absolute atomic E-state index is 10.2. The molecule has 1 aliphatic heterocycles. The molecule has 1 aromatic rings. The fraction of sp³-hybridized carbons (Fsp3) is 0.529. The molecule has 119 valence electrons. The van der Waals surface area contributed by atoms with Gasteiger partial charge in [0.1, 0.15) is 13.0 Å². The smallest absolute Gasteiger partial charge is 0.122 e. The number of aliphatic hydroxyl groups is 1. The number of allylic oxidation sites excluding steroid dienone is 2. The van der Waals surface area contributed by atoms with Crippen molar-refractivity contribution in [2.75, 3.05) is 6.61 Å². The summed E-state index contributed by atoms with van der Waals surface area (Å²) in [7, 11) is 2.21. The van der Waals surface area contributed by atoms with E-state index in [1.807, 2.05) is 0 Å². The monoisotopic (exact) mass is 339 g/mol. The van der Waals surface area contributed by atoms with Crippen LogP contribution in [0.4, 0.5) is 0 Å². The Balaban J connectivity index is 1.90. The molecule has 1 N–H and O–H groups in total. The molecule has 5 heteroatoms. The minimum absolute atomic E-state index is 0.115. The van der Waals surface area contributed by atoms with Crippen molar-refractivity contribution in [3.05, 3.63) is 40.4 Å². The van der Waals surface area contributed by atoms with Crippen LogP contribution in [0.2, 0.25) is 22.2 Å². The molecule has 0 aromatic heterocycles. The second kappa shape index (κ2) is 8.86. The largest absolute Gasteiger partial charge is 0.493 e. The van der Waals surface area contributed by atoms with E-state index in [0.29, 0.717) is 28.2 Å². The van der Waals surface area contributed by atoms with Gasteiger partial charge in [-0.2, -0.15) is 0 Å². The van der Waals surface area contributed by atoms with Gasteiger partial charge in [-0.25, -0.2) is 0 Å². The van der Waals surface area contributed by atoms with Gasteiger partial charge in [-0.15, -0.1) is 0 Å². The van der Waals surface area contributed by atoms with E-state index >= 15 is 0 Å². The number of aliphatic hydroxyl groups excluding tert-OH is 1. The molecular formula is C17H22BCl2O2. The molecule has 1 radical (unpaired) electrons. The molecule has 2 nitrogen and oxygen atoms in total. The van der Waals surface area contributed by atoms with Gasteiger partial charge in [0.25, 0.3) is 0 Å². The lowest BCUT2D eigenvalue weighted by Gasteiger charge is -2.22. The zero-order chi connectivity index (χ0) is 15.9. The number of rotatable bonds is 7. The number of ether oxygens (including phenoxy) is 1. The van der Waals surface area contributed by atoms with Gasteiger partial charge in [-0.05, 0) is 31.0 Å². The third kappa shape index (κ3) is 5.22. The molecule has 0 amide bonds. The van der Waals surface area contributed by atoms with Crippen molar-refractivity contribution in [1.82, 2.24) is 0 Å². The van der Waals surface area contributed by atoms with Crippen LogP contribution in [0, 0.1) is 5.92 Å². The van der Waals surface area contributed by atoms with Crippen LogP contribution < -0.4 is 4.74 Å². The van der Waals surface area contributed by atoms with Crippen molar-refractivity contribution in [3.8, 4) is 5.75 Å². The molecule has 0 unspecified atom stereocenters. The third-order valence-electron chi connectivity index (χ3n) is 4.03. The third-order valence-corrected chi connectivity index (χ3v) is 4.47. The van der Waals surface area contributed by atoms with Crippen LogP contribution in [-0.4, -0.2) is 25.1 Å². The molecule has 1 fully saturated rings. The molecule has 1 saturated heterocycles. The molecule has 2 rings (SSSR count). The summed E-state index contributed by atoms with van der Waals surface area (Å²) in [5.74, 6) is 1.12. The first-order valence-electron chi connectivity index (χ1n) is 7.85. The van der Waals surface area contributed by atoms with Gasteiger partial charge in [0.05, 0.1) is 12.7 Å². The molecule has 0 aliphatic carbocycles. The van der Waals surface area contributed by atoms with E-state index in [2.05, 4.69) is 26.4 Å². The topological polar surface area (TPSA) is 29.5 Å². The van der Waals surface area contributed by atoms with E-state index in [0.717, 1.165) is 25.6 Å². The van der Waals surface area contributed by atoms with Crippen LogP contribution in [0.3, 0.4) is 0 Å². The van der Waals surface area contributed by atoms with Gasteiger partial charge in [0.15, 0.2) is 0 Å². The molecule has 0 spiro atoms. The molecule has 0 saturated carbocycles. The van der Waals surface area contributed by atoms with Crippen LogP contribution in [0.5, 0.6) is 5.75 Å². The van der Waals surface area contributed by atoms with Gasteiger partial charge >= 0.3 is 0 Å². The molecule has 1 aromatic carbocycles. The fourth-order valence-corrected chi connectivity index (χ4v) is 3.30. The molecule has 1 aliphatic rings. The van der Waals surface area contributed by atoms with Crippen LogP contribution >= 0.6 is 23.2 Å². The van der Waals surface area contributed by atoms with Crippen molar-refractivity contribution in [2.24, 2.45) is 5.92 Å². The lowest BCUT2D eigenvalue weighted by Crippen LogP contribution is -2.23. The van der Waals surface area contributed by atoms with E-state index in [9.17, 15) is 5.11 Å². The number of halogens is 2. The minimum atomic E-state index is -0.334. The van der Waals surface area contributed by atoms with Crippen LogP contribution in [-0.2, 0) is 0 Å². The highest BCUT2D eigenvalue weighted by Gasteiger charge is 2.35. The van der Waals surface area contributed by atoms with Crippen molar-refractivity contribution in [2.45, 2.75) is 44.4 Å². The zero-order valence-electron chi connectivity index (χ0n) is 12.8. The Morgan fingerprint density at radius 3 is 2.68 bits per heavy atom. The molecule has 22 heavy (non-hydrogen) atoms. The predicted molar refractivity (Wildman–Crippen MR) is 94.4 cm³/mol. The van der Waals surface area contributed by atoms with Crippen molar-refractivity contribution in [3.63, 3.8) is 0 Å². The summed E-state index contributed by atoms with van der Waals surface area (Å²) in [5.41, 5.74) is 0. The number of hydrogen-bond acceptors (Lipinski definition) is 2. The molecular weight excluding hydrogens is 318 g/mol. The first-order chi connectivity index (χ1) is 10.6. The normalized spacial score (nSPS) is 24.6. The van der Waals surface area contributed by atoms with Gasteiger partial charge in [0.2, 0.25) is 0 Å². The minimum Gasteiger partial charge on any atom is -0.493 e. The van der Waals surface area contributed by atoms with Crippen molar-refractivity contribution >= 4 is 30.5 Å². The Morgan fingerprint density at radius 1 is 1.27 bits per heavy atom. The van der Waals surface area contributed by atoms with Gasteiger partial charge in [0, 0.05) is 16.0 Å². The van der Waals surface area contributed by atoms with Gasteiger partial charge in [-0.3, -0.25) is 0 Å². The van der Waals surface area contributed by atoms with E-state index in [4.69, 9.17) is 27.9 Å². The Bertz CT molecular complexity index is 487. The highest BCUT2D eigenvalue weighted by atomic mass is 35.5. The van der Waals surface area contributed by atoms with Crippen molar-refractivity contribution in [1.29, 1.82) is 0 Å². The fourth-order valence-electron chi connectivity index (χ4n) is 2.80. The summed E-state index contributed by atoms with van der Waals surface area (Å²) < 4.78 is 5.81. The summed E-state index contributed by atoms with van der Waals surface area (Å²) in [5, 5.41) is 11.3. The Kier molecular flexibility index (Phi) is 7.13. The van der Waals surface area contributed by atoms with E-state index in [1.165, 1.54) is 0 Å². The number of unbranched alkanes of at least 4 members (excludes halogenated alkanes) is 1. The van der Waals surface area contributed by atoms with E-state index < -0.39 is 0 Å². The molecule has 3 atom stereocenters. The average molecular weight is 340 g/mol. The van der Waals surface area contributed by atoms with Crippen LogP contribution in [0.1, 0.15) is 26.2 Å². The number of hydrogen-bond donors (Lipinski definition) is 1. The average Bonchev–Trinajstić information content (AvgIpc) is 2.81. The van der Waals surface area contributed by atoms with E-state index in [-0.39, 0.29) is 12.0 Å². The summed E-state index contributed by atoms with van der Waals surface area (Å²) in [6.45, 7) is 2.64. The second-order valence-corrected chi connectivity index (χ2v) is 6.65. The van der Waals surface area contributed by atoms with Gasteiger partial charge < -0.3 is 9.84 Å². The Labute approximate surface area is 143 Å². The predicted octanol–water partition coefficient (Wildman–Crippen LogP) is 5.02. The standard InChI is InChI=1S/C17H22BCl2O2/c1-2-3-4-5-6-16-15(17(21)10-18-16)11-22-14-8-12(19)7-13(20)9-14/h4-5,7-9,15-17,21H,2-3,6,10-11H2,1H3/t15-,16-,17-/m1/s1. The summed E-state index contributed by atoms with van der Waals surface area (Å²) in [4.78, 5) is 0. The lowest BCUT2D eigenvalue weighted by molar-refractivity contribution is 0.0971. The van der Waals surface area contributed by atoms with Crippen LogP contribution in [0.15, 0.2) is 30.4 Å². The first-order valence-corrected chi connectivity index (χ1v) is 8.61. The van der Waals surface area contributed by atoms with E-state index in [1.54, 1.807) is 18.2 Å². The quantitative estimate of drug-likeness (QED) is 0.558. The van der Waals surface area contributed by atoms with Crippen LogP contribution in [0.25, 0.3) is 0 Å². The second-order valence-electron chi connectivity index (χ2n) is 5.78. The number of benzene rings is 1. The maximum atomic E-state index is 10.2. The Morgan fingerprint density at radius 2 is 2.00 bits per heavy atom. The van der Waals surface area contributed by atoms with Gasteiger partial charge in [-0.1, -0.05) is 60.8 Å². The molecule has 0 bridgehead atoms. The first kappa shape index (κ1) is 17.7. The zero-order valence-corrected chi connectivity index (χ0v) is 14.4.